The Kier molecular flexibility index (Phi) is 2.98. The van der Waals surface area contributed by atoms with Gasteiger partial charge in [0, 0.05) is 31.2 Å². The zero-order chi connectivity index (χ0) is 14.1. The lowest BCUT2D eigenvalue weighted by molar-refractivity contribution is 0.0995. The van der Waals surface area contributed by atoms with Crippen molar-refractivity contribution in [3.8, 4) is 0 Å². The van der Waals surface area contributed by atoms with E-state index in [0.29, 0.717) is 12.4 Å². The van der Waals surface area contributed by atoms with Gasteiger partial charge in [0.2, 0.25) is 0 Å². The Hall–Kier alpha value is -2.63. The second-order valence-corrected chi connectivity index (χ2v) is 4.79. The van der Waals surface area contributed by atoms with Gasteiger partial charge in [-0.05, 0) is 29.7 Å². The molecule has 0 saturated heterocycles. The summed E-state index contributed by atoms with van der Waals surface area (Å²) in [4.78, 5) is 21.7. The van der Waals surface area contributed by atoms with Crippen LogP contribution in [-0.2, 0) is 13.0 Å². The van der Waals surface area contributed by atoms with Crippen molar-refractivity contribution in [3.05, 3.63) is 47.4 Å². The Morgan fingerprint density at radius 3 is 2.80 bits per heavy atom. The number of rotatable bonds is 2. The van der Waals surface area contributed by atoms with Crippen LogP contribution in [0, 0.1) is 0 Å². The van der Waals surface area contributed by atoms with Crippen LogP contribution in [0.25, 0.3) is 0 Å². The van der Waals surface area contributed by atoms with E-state index in [4.69, 9.17) is 11.5 Å². The maximum absolute atomic E-state index is 11.4. The third-order valence-corrected chi connectivity index (χ3v) is 3.45. The maximum atomic E-state index is 11.4. The minimum Gasteiger partial charge on any atom is -0.399 e. The number of anilines is 2. The number of benzene rings is 1. The molecule has 2 heterocycles. The fourth-order valence-corrected chi connectivity index (χ4v) is 2.49. The lowest BCUT2D eigenvalue weighted by Gasteiger charge is -2.30. The molecule has 0 fully saturated rings. The van der Waals surface area contributed by atoms with Crippen LogP contribution < -0.4 is 16.4 Å². The van der Waals surface area contributed by atoms with Gasteiger partial charge < -0.3 is 16.4 Å². The fourth-order valence-electron chi connectivity index (χ4n) is 2.49. The normalized spacial score (nSPS) is 13.9. The van der Waals surface area contributed by atoms with Gasteiger partial charge in [-0.2, -0.15) is 0 Å². The fraction of sp³-hybridized carbons (Fsp3) is 0.214. The minimum absolute atomic E-state index is 0.208. The van der Waals surface area contributed by atoms with Crippen LogP contribution in [-0.4, -0.2) is 22.4 Å². The van der Waals surface area contributed by atoms with Gasteiger partial charge in [0.1, 0.15) is 0 Å². The average molecular weight is 269 g/mol. The zero-order valence-corrected chi connectivity index (χ0v) is 10.9. The van der Waals surface area contributed by atoms with Gasteiger partial charge in [-0.3, -0.25) is 4.79 Å². The summed E-state index contributed by atoms with van der Waals surface area (Å²) < 4.78 is 0. The number of nitrogens with zero attached hydrogens (tertiary/aromatic N) is 3. The quantitative estimate of drug-likeness (QED) is 0.783. The molecule has 102 valence electrons. The molecule has 1 aromatic heterocycles. The molecule has 4 N–H and O–H groups in total. The highest BCUT2D eigenvalue weighted by molar-refractivity contribution is 5.95. The van der Waals surface area contributed by atoms with E-state index >= 15 is 0 Å². The van der Waals surface area contributed by atoms with E-state index in [0.717, 1.165) is 24.2 Å². The molecule has 0 atom stereocenters. The van der Waals surface area contributed by atoms with Crippen molar-refractivity contribution in [2.24, 2.45) is 5.73 Å². The summed E-state index contributed by atoms with van der Waals surface area (Å²) in [5, 5.41) is 0. The summed E-state index contributed by atoms with van der Waals surface area (Å²) in [6.07, 6.45) is 3.92. The van der Waals surface area contributed by atoms with Crippen LogP contribution in [0.2, 0.25) is 0 Å². The molecule has 1 aliphatic heterocycles. The van der Waals surface area contributed by atoms with Crippen molar-refractivity contribution in [2.75, 3.05) is 17.2 Å². The first-order valence-electron chi connectivity index (χ1n) is 6.38. The van der Waals surface area contributed by atoms with E-state index < -0.39 is 5.91 Å². The molecular formula is C14H15N5O. The molecule has 0 unspecified atom stereocenters. The molecule has 3 rings (SSSR count). The topological polar surface area (TPSA) is 98.1 Å². The molecule has 6 heteroatoms. The number of aromatic nitrogens is 2. The van der Waals surface area contributed by atoms with Crippen molar-refractivity contribution in [1.82, 2.24) is 9.97 Å². The van der Waals surface area contributed by atoms with E-state index in [-0.39, 0.29) is 5.69 Å². The Morgan fingerprint density at radius 1 is 1.20 bits per heavy atom. The number of nitrogen functional groups attached to an aromatic ring is 1. The molecule has 0 saturated carbocycles. The van der Waals surface area contributed by atoms with Crippen LogP contribution >= 0.6 is 0 Å². The van der Waals surface area contributed by atoms with E-state index in [1.54, 1.807) is 6.20 Å². The number of hydrogen-bond acceptors (Lipinski definition) is 5. The molecule has 20 heavy (non-hydrogen) atoms. The molecule has 0 spiro atoms. The number of hydrogen-bond donors (Lipinski definition) is 2. The third kappa shape index (κ3) is 2.16. The number of nitrogens with two attached hydrogens (primary N) is 2. The Bertz CT molecular complexity index is 670. The van der Waals surface area contributed by atoms with E-state index in [9.17, 15) is 4.79 Å². The molecule has 0 radical (unpaired) electrons. The first-order valence-corrected chi connectivity index (χ1v) is 6.38. The number of primary amides is 1. The van der Waals surface area contributed by atoms with Crippen LogP contribution in [0.15, 0.2) is 30.6 Å². The first kappa shape index (κ1) is 12.4. The zero-order valence-electron chi connectivity index (χ0n) is 10.9. The van der Waals surface area contributed by atoms with Crippen LogP contribution in [0.5, 0.6) is 0 Å². The third-order valence-electron chi connectivity index (χ3n) is 3.45. The second-order valence-electron chi connectivity index (χ2n) is 4.79. The summed E-state index contributed by atoms with van der Waals surface area (Å²) in [6, 6.07) is 5.92. The van der Waals surface area contributed by atoms with Gasteiger partial charge in [0.15, 0.2) is 11.5 Å². The summed E-state index contributed by atoms with van der Waals surface area (Å²) in [7, 11) is 0. The highest BCUT2D eigenvalue weighted by Crippen LogP contribution is 2.25. The Labute approximate surface area is 116 Å². The van der Waals surface area contributed by atoms with Crippen molar-refractivity contribution in [2.45, 2.75) is 13.0 Å². The van der Waals surface area contributed by atoms with Crippen molar-refractivity contribution < 1.29 is 4.79 Å². The van der Waals surface area contributed by atoms with Crippen molar-refractivity contribution in [3.63, 3.8) is 0 Å². The van der Waals surface area contributed by atoms with E-state index in [2.05, 4.69) is 9.97 Å². The lowest BCUT2D eigenvalue weighted by Crippen LogP contribution is -2.33. The summed E-state index contributed by atoms with van der Waals surface area (Å²) in [6.45, 7) is 1.43. The molecular weight excluding hydrogens is 254 g/mol. The average Bonchev–Trinajstić information content (AvgIpc) is 2.46. The first-order chi connectivity index (χ1) is 9.65. The molecule has 6 nitrogen and oxygen atoms in total. The smallest absolute Gasteiger partial charge is 0.271 e. The number of carbonyl (C=O) groups excluding carboxylic acids is 1. The largest absolute Gasteiger partial charge is 0.399 e. The maximum Gasteiger partial charge on any atom is 0.271 e. The predicted octanol–water partition coefficient (Wildman–Crippen LogP) is 0.720. The second kappa shape index (κ2) is 4.80. The van der Waals surface area contributed by atoms with Gasteiger partial charge in [-0.25, -0.2) is 9.97 Å². The molecule has 0 aliphatic carbocycles. The molecule has 1 amide bonds. The number of fused-ring (bicyclic) bond motifs is 1. The van der Waals surface area contributed by atoms with Gasteiger partial charge in [0.25, 0.3) is 5.91 Å². The van der Waals surface area contributed by atoms with Gasteiger partial charge >= 0.3 is 0 Å². The molecule has 0 bridgehead atoms. The van der Waals surface area contributed by atoms with E-state index in [1.807, 2.05) is 23.1 Å². The highest BCUT2D eigenvalue weighted by atomic mass is 16.1. The van der Waals surface area contributed by atoms with Crippen LogP contribution in [0.1, 0.15) is 21.6 Å². The summed E-state index contributed by atoms with van der Waals surface area (Å²) in [5.74, 6) is -0.0282. The molecule has 1 aromatic carbocycles. The van der Waals surface area contributed by atoms with Gasteiger partial charge in [-0.1, -0.05) is 6.07 Å². The van der Waals surface area contributed by atoms with Gasteiger partial charge in [-0.15, -0.1) is 0 Å². The van der Waals surface area contributed by atoms with Crippen molar-refractivity contribution in [1.29, 1.82) is 0 Å². The highest BCUT2D eigenvalue weighted by Gasteiger charge is 2.22. The monoisotopic (exact) mass is 269 g/mol. The molecule has 1 aliphatic rings. The lowest BCUT2D eigenvalue weighted by atomic mass is 9.99. The summed E-state index contributed by atoms with van der Waals surface area (Å²) in [5.41, 5.74) is 14.5. The Morgan fingerprint density at radius 2 is 2.00 bits per heavy atom. The number of amides is 1. The van der Waals surface area contributed by atoms with Crippen LogP contribution in [0.4, 0.5) is 11.5 Å². The summed E-state index contributed by atoms with van der Waals surface area (Å²) >= 11 is 0. The number of carbonyl (C=O) groups is 1. The SMILES string of the molecule is NC(=O)c1nccnc1N1CCc2ccc(N)cc2C1. The van der Waals surface area contributed by atoms with E-state index in [1.165, 1.54) is 11.8 Å². The Balaban J connectivity index is 1.96. The molecule has 2 aromatic rings. The van der Waals surface area contributed by atoms with Gasteiger partial charge in [0.05, 0.1) is 0 Å². The van der Waals surface area contributed by atoms with Crippen LogP contribution in [0.3, 0.4) is 0 Å². The standard InChI is InChI=1S/C14H15N5O/c15-11-2-1-9-3-6-19(8-10(9)7-11)14-12(13(16)20)17-4-5-18-14/h1-2,4-5,7H,3,6,8,15H2,(H2,16,20). The van der Waals surface area contributed by atoms with Crippen molar-refractivity contribution >= 4 is 17.4 Å². The minimum atomic E-state index is -0.563. The predicted molar refractivity (Wildman–Crippen MR) is 76.2 cm³/mol.